The molecule has 2 aromatic carbocycles. The highest BCUT2D eigenvalue weighted by Crippen LogP contribution is 2.21. The summed E-state index contributed by atoms with van der Waals surface area (Å²) in [5.74, 6) is 0.0756. The standard InChI is InChI=1S/C19H18N2O2/c22-19(20-10-12-23-13-11-20)16-5-3-6-17(14-16)21-9-8-15-4-1-2-7-18(15)21/h1-9,14H,10-13H2. The van der Waals surface area contributed by atoms with E-state index in [1.165, 1.54) is 5.39 Å². The Bertz CT molecular complexity index is 847. The molecule has 1 aromatic heterocycles. The Morgan fingerprint density at radius 1 is 0.957 bits per heavy atom. The van der Waals surface area contributed by atoms with E-state index in [2.05, 4.69) is 22.8 Å². The molecule has 1 saturated heterocycles. The molecule has 0 saturated carbocycles. The van der Waals surface area contributed by atoms with Gasteiger partial charge in [-0.05, 0) is 35.7 Å². The molecule has 3 aromatic rings. The minimum absolute atomic E-state index is 0.0756. The van der Waals surface area contributed by atoms with Crippen molar-refractivity contribution in [1.29, 1.82) is 0 Å². The van der Waals surface area contributed by atoms with Crippen LogP contribution < -0.4 is 0 Å². The molecule has 0 atom stereocenters. The maximum atomic E-state index is 12.6. The van der Waals surface area contributed by atoms with Gasteiger partial charge in [-0.2, -0.15) is 0 Å². The van der Waals surface area contributed by atoms with Gasteiger partial charge in [-0.25, -0.2) is 0 Å². The Balaban J connectivity index is 1.70. The topological polar surface area (TPSA) is 34.5 Å². The number of hydrogen-bond donors (Lipinski definition) is 0. The molecular formula is C19H18N2O2. The molecule has 0 radical (unpaired) electrons. The lowest BCUT2D eigenvalue weighted by Gasteiger charge is -2.27. The van der Waals surface area contributed by atoms with Gasteiger partial charge < -0.3 is 14.2 Å². The smallest absolute Gasteiger partial charge is 0.254 e. The van der Waals surface area contributed by atoms with Gasteiger partial charge >= 0.3 is 0 Å². The molecule has 0 aliphatic carbocycles. The SMILES string of the molecule is O=C(c1cccc(-n2ccc3ccccc32)c1)N1CCOCC1. The molecule has 1 amide bonds. The van der Waals surface area contributed by atoms with Gasteiger partial charge in [0.05, 0.1) is 18.7 Å². The highest BCUT2D eigenvalue weighted by atomic mass is 16.5. The lowest BCUT2D eigenvalue weighted by Crippen LogP contribution is -2.40. The van der Waals surface area contributed by atoms with Crippen molar-refractivity contribution in [2.75, 3.05) is 26.3 Å². The first-order chi connectivity index (χ1) is 11.3. The van der Waals surface area contributed by atoms with Crippen molar-refractivity contribution >= 4 is 16.8 Å². The van der Waals surface area contributed by atoms with Gasteiger partial charge in [-0.3, -0.25) is 4.79 Å². The van der Waals surface area contributed by atoms with Crippen molar-refractivity contribution in [3.8, 4) is 5.69 Å². The summed E-state index contributed by atoms with van der Waals surface area (Å²) in [4.78, 5) is 14.5. The second-order valence-electron chi connectivity index (χ2n) is 5.70. The van der Waals surface area contributed by atoms with Crippen LogP contribution in [0.4, 0.5) is 0 Å². The molecule has 23 heavy (non-hydrogen) atoms. The Hall–Kier alpha value is -2.59. The normalized spacial score (nSPS) is 15.0. The molecular weight excluding hydrogens is 288 g/mol. The number of para-hydroxylation sites is 1. The zero-order valence-corrected chi connectivity index (χ0v) is 12.8. The molecule has 0 N–H and O–H groups in total. The molecule has 1 aliphatic heterocycles. The summed E-state index contributed by atoms with van der Waals surface area (Å²) in [5, 5.41) is 1.19. The zero-order valence-electron chi connectivity index (χ0n) is 12.8. The molecule has 0 spiro atoms. The predicted molar refractivity (Wildman–Crippen MR) is 90.0 cm³/mol. The summed E-state index contributed by atoms with van der Waals surface area (Å²) in [6.45, 7) is 2.56. The second kappa shape index (κ2) is 5.89. The van der Waals surface area contributed by atoms with E-state index in [0.717, 1.165) is 16.8 Å². The lowest BCUT2D eigenvalue weighted by atomic mass is 10.1. The number of nitrogens with zero attached hydrogens (tertiary/aromatic N) is 2. The highest BCUT2D eigenvalue weighted by Gasteiger charge is 2.18. The fourth-order valence-corrected chi connectivity index (χ4v) is 3.05. The van der Waals surface area contributed by atoms with E-state index in [-0.39, 0.29) is 5.91 Å². The fourth-order valence-electron chi connectivity index (χ4n) is 3.05. The largest absolute Gasteiger partial charge is 0.378 e. The van der Waals surface area contributed by atoms with Crippen molar-refractivity contribution in [3.63, 3.8) is 0 Å². The van der Waals surface area contributed by atoms with Gasteiger partial charge in [0.1, 0.15) is 0 Å². The van der Waals surface area contributed by atoms with Gasteiger partial charge in [0.15, 0.2) is 0 Å². The number of carbonyl (C=O) groups is 1. The average Bonchev–Trinajstić information content (AvgIpc) is 3.06. The van der Waals surface area contributed by atoms with Crippen LogP contribution in [0.5, 0.6) is 0 Å². The van der Waals surface area contributed by atoms with Crippen LogP contribution in [0, 0.1) is 0 Å². The van der Waals surface area contributed by atoms with Crippen molar-refractivity contribution < 1.29 is 9.53 Å². The van der Waals surface area contributed by atoms with Crippen molar-refractivity contribution in [2.45, 2.75) is 0 Å². The van der Waals surface area contributed by atoms with Gasteiger partial charge in [0.25, 0.3) is 5.91 Å². The van der Waals surface area contributed by atoms with E-state index in [4.69, 9.17) is 4.74 Å². The van der Waals surface area contributed by atoms with Crippen molar-refractivity contribution in [1.82, 2.24) is 9.47 Å². The third-order valence-corrected chi connectivity index (χ3v) is 4.27. The Kier molecular flexibility index (Phi) is 3.60. The number of rotatable bonds is 2. The highest BCUT2D eigenvalue weighted by molar-refractivity contribution is 5.95. The minimum Gasteiger partial charge on any atom is -0.378 e. The molecule has 116 valence electrons. The lowest BCUT2D eigenvalue weighted by molar-refractivity contribution is 0.0303. The Morgan fingerprint density at radius 3 is 2.65 bits per heavy atom. The summed E-state index contributed by atoms with van der Waals surface area (Å²) in [6.07, 6.45) is 2.04. The van der Waals surface area contributed by atoms with E-state index in [1.807, 2.05) is 47.5 Å². The molecule has 1 aliphatic rings. The van der Waals surface area contributed by atoms with Crippen molar-refractivity contribution in [2.24, 2.45) is 0 Å². The molecule has 1 fully saturated rings. The summed E-state index contributed by atoms with van der Waals surface area (Å²) in [5.41, 5.74) is 2.87. The zero-order chi connectivity index (χ0) is 15.6. The van der Waals surface area contributed by atoms with Crippen LogP contribution in [0.15, 0.2) is 60.8 Å². The number of fused-ring (bicyclic) bond motifs is 1. The van der Waals surface area contributed by atoms with E-state index in [9.17, 15) is 4.79 Å². The van der Waals surface area contributed by atoms with Gasteiger partial charge in [0, 0.05) is 30.5 Å². The molecule has 2 heterocycles. The van der Waals surface area contributed by atoms with E-state index in [0.29, 0.717) is 26.3 Å². The second-order valence-corrected chi connectivity index (χ2v) is 5.70. The van der Waals surface area contributed by atoms with E-state index in [1.54, 1.807) is 0 Å². The number of amides is 1. The van der Waals surface area contributed by atoms with Crippen LogP contribution in [0.25, 0.3) is 16.6 Å². The number of aromatic nitrogens is 1. The average molecular weight is 306 g/mol. The van der Waals surface area contributed by atoms with Crippen LogP contribution in [-0.2, 0) is 4.74 Å². The summed E-state index contributed by atoms with van der Waals surface area (Å²) in [7, 11) is 0. The maximum Gasteiger partial charge on any atom is 0.254 e. The van der Waals surface area contributed by atoms with Crippen LogP contribution in [0.2, 0.25) is 0 Å². The summed E-state index contributed by atoms with van der Waals surface area (Å²) < 4.78 is 7.44. The fraction of sp³-hybridized carbons (Fsp3) is 0.211. The first kappa shape index (κ1) is 14.0. The van der Waals surface area contributed by atoms with Crippen molar-refractivity contribution in [3.05, 3.63) is 66.4 Å². The summed E-state index contributed by atoms with van der Waals surface area (Å²) in [6, 6.07) is 18.1. The number of ether oxygens (including phenoxy) is 1. The molecule has 0 unspecified atom stereocenters. The van der Waals surface area contributed by atoms with Crippen LogP contribution in [0.3, 0.4) is 0 Å². The monoisotopic (exact) mass is 306 g/mol. The van der Waals surface area contributed by atoms with Crippen LogP contribution >= 0.6 is 0 Å². The predicted octanol–water partition coefficient (Wildman–Crippen LogP) is 3.10. The molecule has 4 nitrogen and oxygen atoms in total. The first-order valence-corrected chi connectivity index (χ1v) is 7.86. The van der Waals surface area contributed by atoms with E-state index < -0.39 is 0 Å². The first-order valence-electron chi connectivity index (χ1n) is 7.86. The number of benzene rings is 2. The third kappa shape index (κ3) is 2.62. The summed E-state index contributed by atoms with van der Waals surface area (Å²) >= 11 is 0. The van der Waals surface area contributed by atoms with Gasteiger partial charge in [0.2, 0.25) is 0 Å². The van der Waals surface area contributed by atoms with Crippen LogP contribution in [0.1, 0.15) is 10.4 Å². The molecule has 4 heteroatoms. The third-order valence-electron chi connectivity index (χ3n) is 4.27. The molecule has 0 bridgehead atoms. The van der Waals surface area contributed by atoms with Crippen LogP contribution in [-0.4, -0.2) is 41.7 Å². The number of hydrogen-bond acceptors (Lipinski definition) is 2. The van der Waals surface area contributed by atoms with Gasteiger partial charge in [-0.15, -0.1) is 0 Å². The Labute approximate surface area is 134 Å². The Morgan fingerprint density at radius 2 is 1.78 bits per heavy atom. The van der Waals surface area contributed by atoms with E-state index >= 15 is 0 Å². The maximum absolute atomic E-state index is 12.6. The minimum atomic E-state index is 0.0756. The molecule has 4 rings (SSSR count). The quantitative estimate of drug-likeness (QED) is 0.729. The number of carbonyl (C=O) groups excluding carboxylic acids is 1. The van der Waals surface area contributed by atoms with Gasteiger partial charge in [-0.1, -0.05) is 24.3 Å². The number of morpholine rings is 1.